The molecule has 1 aromatic carbocycles. The molecule has 0 heterocycles. The van der Waals surface area contributed by atoms with E-state index in [2.05, 4.69) is 0 Å². The summed E-state index contributed by atoms with van der Waals surface area (Å²) in [6.45, 7) is -0.507. The van der Waals surface area contributed by atoms with Crippen molar-refractivity contribution in [2.45, 2.75) is 12.5 Å². The molecule has 14 heavy (non-hydrogen) atoms. The van der Waals surface area contributed by atoms with Gasteiger partial charge in [-0.05, 0) is 12.5 Å². The van der Waals surface area contributed by atoms with Crippen molar-refractivity contribution >= 4 is 24.0 Å². The van der Waals surface area contributed by atoms with Crippen molar-refractivity contribution in [3.63, 3.8) is 0 Å². The van der Waals surface area contributed by atoms with Crippen molar-refractivity contribution < 1.29 is 9.50 Å². The Morgan fingerprint density at radius 3 is 2.71 bits per heavy atom. The maximum atomic E-state index is 12.0. The molecule has 0 amide bonds. The highest BCUT2D eigenvalue weighted by molar-refractivity contribution is 6.32. The minimum absolute atomic E-state index is 0. The Kier molecular flexibility index (Phi) is 5.84. The van der Waals surface area contributed by atoms with Crippen LogP contribution >= 0.6 is 24.0 Å². The van der Waals surface area contributed by atoms with Crippen LogP contribution in [0.15, 0.2) is 18.2 Å². The van der Waals surface area contributed by atoms with Gasteiger partial charge in [-0.3, -0.25) is 4.39 Å². The SMILES string of the molecule is Cl.N[C@H](CCF)c1cccc(Cl)c1O. The van der Waals surface area contributed by atoms with Gasteiger partial charge in [0.2, 0.25) is 0 Å². The maximum absolute atomic E-state index is 12.0. The number of halogens is 3. The van der Waals surface area contributed by atoms with Gasteiger partial charge in [-0.25, -0.2) is 0 Å². The van der Waals surface area contributed by atoms with E-state index in [1.54, 1.807) is 18.2 Å². The molecule has 0 aliphatic heterocycles. The molecule has 0 radical (unpaired) electrons. The summed E-state index contributed by atoms with van der Waals surface area (Å²) in [5.74, 6) is -0.0508. The lowest BCUT2D eigenvalue weighted by molar-refractivity contribution is 0.424. The lowest BCUT2D eigenvalue weighted by atomic mass is 10.0. The average molecular weight is 240 g/mol. The molecule has 1 atom stereocenters. The fourth-order valence-corrected chi connectivity index (χ4v) is 1.29. The zero-order valence-corrected chi connectivity index (χ0v) is 8.98. The zero-order chi connectivity index (χ0) is 9.84. The summed E-state index contributed by atoms with van der Waals surface area (Å²) in [6.07, 6.45) is 0.188. The molecule has 0 unspecified atom stereocenters. The minimum Gasteiger partial charge on any atom is -0.506 e. The van der Waals surface area contributed by atoms with Crippen LogP contribution in [0.4, 0.5) is 4.39 Å². The quantitative estimate of drug-likeness (QED) is 0.853. The van der Waals surface area contributed by atoms with Gasteiger partial charge in [0.1, 0.15) is 5.75 Å². The summed E-state index contributed by atoms with van der Waals surface area (Å²) in [4.78, 5) is 0. The molecular formula is C9H12Cl2FNO. The predicted molar refractivity (Wildman–Crippen MR) is 57.9 cm³/mol. The van der Waals surface area contributed by atoms with Gasteiger partial charge in [0.25, 0.3) is 0 Å². The second-order valence-corrected chi connectivity index (χ2v) is 3.17. The third-order valence-corrected chi connectivity index (χ3v) is 2.14. The molecule has 1 rings (SSSR count). The number of para-hydroxylation sites is 1. The van der Waals surface area contributed by atoms with Crippen molar-refractivity contribution in [3.05, 3.63) is 28.8 Å². The van der Waals surface area contributed by atoms with Crippen LogP contribution in [0, 0.1) is 0 Å². The van der Waals surface area contributed by atoms with Crippen molar-refractivity contribution in [3.8, 4) is 5.75 Å². The Balaban J connectivity index is 0.00000169. The second kappa shape index (κ2) is 6.06. The van der Waals surface area contributed by atoms with Gasteiger partial charge in [0.05, 0.1) is 11.7 Å². The number of phenolic OH excluding ortho intramolecular Hbond substituents is 1. The van der Waals surface area contributed by atoms with Crippen LogP contribution in [-0.4, -0.2) is 11.8 Å². The lowest BCUT2D eigenvalue weighted by Crippen LogP contribution is -2.11. The van der Waals surface area contributed by atoms with Crippen molar-refractivity contribution in [2.75, 3.05) is 6.67 Å². The highest BCUT2D eigenvalue weighted by Gasteiger charge is 2.12. The normalized spacial score (nSPS) is 11.9. The highest BCUT2D eigenvalue weighted by Crippen LogP contribution is 2.31. The number of phenols is 1. The largest absolute Gasteiger partial charge is 0.506 e. The summed E-state index contributed by atoms with van der Waals surface area (Å²) in [6, 6.07) is 4.38. The molecule has 1 aromatic rings. The first-order chi connectivity index (χ1) is 6.16. The van der Waals surface area contributed by atoms with E-state index in [1.807, 2.05) is 0 Å². The van der Waals surface area contributed by atoms with E-state index >= 15 is 0 Å². The molecule has 0 fully saturated rings. The fraction of sp³-hybridized carbons (Fsp3) is 0.333. The number of aromatic hydroxyl groups is 1. The zero-order valence-electron chi connectivity index (χ0n) is 7.41. The number of benzene rings is 1. The summed E-state index contributed by atoms with van der Waals surface area (Å²) in [5, 5.41) is 9.70. The van der Waals surface area contributed by atoms with Gasteiger partial charge < -0.3 is 10.8 Å². The minimum atomic E-state index is -0.507. The van der Waals surface area contributed by atoms with Gasteiger partial charge in [-0.1, -0.05) is 23.7 Å². The van der Waals surface area contributed by atoms with Crippen LogP contribution in [0.3, 0.4) is 0 Å². The Morgan fingerprint density at radius 1 is 1.50 bits per heavy atom. The van der Waals surface area contributed by atoms with Gasteiger partial charge in [0, 0.05) is 11.6 Å². The van der Waals surface area contributed by atoms with Crippen molar-refractivity contribution in [2.24, 2.45) is 5.73 Å². The smallest absolute Gasteiger partial charge is 0.138 e. The Bertz CT molecular complexity index is 296. The summed E-state index contributed by atoms with van der Waals surface area (Å²) in [7, 11) is 0. The number of hydrogen-bond acceptors (Lipinski definition) is 2. The Morgan fingerprint density at radius 2 is 2.14 bits per heavy atom. The van der Waals surface area contributed by atoms with Crippen LogP contribution < -0.4 is 5.73 Å². The molecule has 5 heteroatoms. The predicted octanol–water partition coefficient (Wildman–Crippen LogP) is 2.83. The summed E-state index contributed by atoms with van der Waals surface area (Å²) >= 11 is 5.66. The van der Waals surface area contributed by atoms with E-state index in [4.69, 9.17) is 17.3 Å². The molecule has 0 saturated heterocycles. The van der Waals surface area contributed by atoms with Crippen molar-refractivity contribution in [1.82, 2.24) is 0 Å². The summed E-state index contributed by atoms with van der Waals surface area (Å²) < 4.78 is 12.0. The standard InChI is InChI=1S/C9H11ClFNO.ClH/c10-7-3-1-2-6(9(7)13)8(12)4-5-11;/h1-3,8,13H,4-5,12H2;1H/t8-;/m1./s1. The maximum Gasteiger partial charge on any atom is 0.138 e. The number of nitrogens with two attached hydrogens (primary N) is 1. The van der Waals surface area contributed by atoms with E-state index in [0.29, 0.717) is 5.56 Å². The number of hydrogen-bond donors (Lipinski definition) is 2. The van der Waals surface area contributed by atoms with Crippen LogP contribution in [-0.2, 0) is 0 Å². The molecule has 80 valence electrons. The Hall–Kier alpha value is -0.510. The Labute approximate surface area is 93.3 Å². The summed E-state index contributed by atoms with van der Waals surface area (Å²) in [5.41, 5.74) is 6.11. The van der Waals surface area contributed by atoms with E-state index < -0.39 is 12.7 Å². The first-order valence-corrected chi connectivity index (χ1v) is 4.33. The topological polar surface area (TPSA) is 46.2 Å². The molecule has 0 saturated carbocycles. The van der Waals surface area contributed by atoms with E-state index in [9.17, 15) is 9.50 Å². The third-order valence-electron chi connectivity index (χ3n) is 1.84. The highest BCUT2D eigenvalue weighted by atomic mass is 35.5. The molecular weight excluding hydrogens is 228 g/mol. The van der Waals surface area contributed by atoms with Gasteiger partial charge >= 0.3 is 0 Å². The first-order valence-electron chi connectivity index (χ1n) is 3.95. The average Bonchev–Trinajstić information content (AvgIpc) is 2.10. The number of rotatable bonds is 3. The van der Waals surface area contributed by atoms with E-state index in [-0.39, 0.29) is 29.6 Å². The molecule has 3 N–H and O–H groups in total. The van der Waals surface area contributed by atoms with Crippen LogP contribution in [0.1, 0.15) is 18.0 Å². The van der Waals surface area contributed by atoms with Gasteiger partial charge in [-0.2, -0.15) is 0 Å². The fourth-order valence-electron chi connectivity index (χ4n) is 1.10. The van der Waals surface area contributed by atoms with Gasteiger partial charge in [0.15, 0.2) is 0 Å². The van der Waals surface area contributed by atoms with E-state index in [1.165, 1.54) is 0 Å². The first kappa shape index (κ1) is 13.5. The molecule has 0 aliphatic carbocycles. The monoisotopic (exact) mass is 239 g/mol. The molecule has 0 aromatic heterocycles. The van der Waals surface area contributed by atoms with Crippen LogP contribution in [0.5, 0.6) is 5.75 Å². The van der Waals surface area contributed by atoms with Crippen LogP contribution in [0.25, 0.3) is 0 Å². The van der Waals surface area contributed by atoms with Crippen LogP contribution in [0.2, 0.25) is 5.02 Å². The number of alkyl halides is 1. The molecule has 0 aliphatic rings. The second-order valence-electron chi connectivity index (χ2n) is 2.76. The third kappa shape index (κ3) is 3.01. The van der Waals surface area contributed by atoms with E-state index in [0.717, 1.165) is 0 Å². The molecule has 0 spiro atoms. The lowest BCUT2D eigenvalue weighted by Gasteiger charge is -2.12. The van der Waals surface area contributed by atoms with Gasteiger partial charge in [-0.15, -0.1) is 12.4 Å². The molecule has 0 bridgehead atoms. The van der Waals surface area contributed by atoms with Crippen molar-refractivity contribution in [1.29, 1.82) is 0 Å². The molecule has 2 nitrogen and oxygen atoms in total.